The number of anilines is 2. The molecule has 1 amide bonds. The van der Waals surface area contributed by atoms with E-state index in [1.165, 1.54) is 6.07 Å². The van der Waals surface area contributed by atoms with Gasteiger partial charge in [0.05, 0.1) is 5.69 Å². The van der Waals surface area contributed by atoms with Gasteiger partial charge in [0.1, 0.15) is 11.9 Å². The molecule has 1 heterocycles. The zero-order valence-electron chi connectivity index (χ0n) is 15.2. The van der Waals surface area contributed by atoms with Gasteiger partial charge in [-0.25, -0.2) is 4.39 Å². The Morgan fingerprint density at radius 3 is 2.50 bits per heavy atom. The van der Waals surface area contributed by atoms with Crippen molar-refractivity contribution >= 4 is 28.9 Å². The Balaban J connectivity index is 1.72. The first kappa shape index (κ1) is 18.5. The van der Waals surface area contributed by atoms with Crippen LogP contribution in [0.5, 0.6) is 0 Å². The molecule has 3 nitrogen and oxygen atoms in total. The molecule has 0 aliphatic carbocycles. The summed E-state index contributed by atoms with van der Waals surface area (Å²) in [5, 5.41) is 3.69. The van der Waals surface area contributed by atoms with Crippen LogP contribution in [0.15, 0.2) is 72.8 Å². The summed E-state index contributed by atoms with van der Waals surface area (Å²) in [5.41, 5.74) is 3.11. The molecule has 1 N–H and O–H groups in total. The fourth-order valence-corrected chi connectivity index (χ4v) is 3.72. The Morgan fingerprint density at radius 1 is 1.00 bits per heavy atom. The van der Waals surface area contributed by atoms with Gasteiger partial charge < -0.3 is 10.2 Å². The molecular formula is C23H20ClFN2O. The second-order valence-corrected chi connectivity index (χ2v) is 7.27. The van der Waals surface area contributed by atoms with Gasteiger partial charge in [0, 0.05) is 17.3 Å². The van der Waals surface area contributed by atoms with E-state index in [2.05, 4.69) is 11.4 Å². The van der Waals surface area contributed by atoms with Gasteiger partial charge in [0.15, 0.2) is 0 Å². The van der Waals surface area contributed by atoms with E-state index >= 15 is 0 Å². The Labute approximate surface area is 168 Å². The van der Waals surface area contributed by atoms with Crippen LogP contribution in [0.3, 0.4) is 0 Å². The first-order chi connectivity index (χ1) is 13.6. The number of para-hydroxylation sites is 2. The molecule has 0 bridgehead atoms. The van der Waals surface area contributed by atoms with Crippen molar-refractivity contribution in [2.45, 2.75) is 18.9 Å². The molecule has 1 aliphatic rings. The highest BCUT2D eigenvalue weighted by molar-refractivity contribution is 6.30. The summed E-state index contributed by atoms with van der Waals surface area (Å²) < 4.78 is 14.3. The van der Waals surface area contributed by atoms with E-state index in [-0.39, 0.29) is 5.91 Å². The topological polar surface area (TPSA) is 32.3 Å². The van der Waals surface area contributed by atoms with E-state index in [9.17, 15) is 9.18 Å². The number of halogens is 2. The number of fused-ring (bicyclic) bond motifs is 1. The largest absolute Gasteiger partial charge is 0.368 e. The monoisotopic (exact) mass is 394 g/mol. The van der Waals surface area contributed by atoms with Gasteiger partial charge in [-0.15, -0.1) is 0 Å². The predicted molar refractivity (Wildman–Crippen MR) is 111 cm³/mol. The van der Waals surface area contributed by atoms with Crippen LogP contribution in [0, 0.1) is 5.82 Å². The Kier molecular flexibility index (Phi) is 5.31. The summed E-state index contributed by atoms with van der Waals surface area (Å²) in [6, 6.07) is 20.7. The first-order valence-corrected chi connectivity index (χ1v) is 9.67. The lowest BCUT2D eigenvalue weighted by Gasteiger charge is -2.33. The zero-order chi connectivity index (χ0) is 19.5. The van der Waals surface area contributed by atoms with Gasteiger partial charge in [-0.3, -0.25) is 4.79 Å². The molecular weight excluding hydrogens is 375 g/mol. The molecule has 142 valence electrons. The molecule has 1 unspecified atom stereocenters. The van der Waals surface area contributed by atoms with Crippen molar-refractivity contribution in [3.63, 3.8) is 0 Å². The molecule has 0 saturated heterocycles. The molecule has 5 heteroatoms. The SMILES string of the molecule is O=C(C(Nc1ccccc1F)c1ccc(Cl)cc1)N1CCCc2ccccc21. The smallest absolute Gasteiger partial charge is 0.254 e. The number of aryl methyl sites for hydroxylation is 1. The van der Waals surface area contributed by atoms with Gasteiger partial charge >= 0.3 is 0 Å². The van der Waals surface area contributed by atoms with Crippen molar-refractivity contribution < 1.29 is 9.18 Å². The number of hydrogen-bond acceptors (Lipinski definition) is 2. The number of hydrogen-bond donors (Lipinski definition) is 1. The summed E-state index contributed by atoms with van der Waals surface area (Å²) in [5.74, 6) is -0.508. The minimum Gasteiger partial charge on any atom is -0.368 e. The van der Waals surface area contributed by atoms with Crippen LogP contribution < -0.4 is 10.2 Å². The van der Waals surface area contributed by atoms with Crippen LogP contribution in [0.2, 0.25) is 5.02 Å². The van der Waals surface area contributed by atoms with Crippen LogP contribution in [0.25, 0.3) is 0 Å². The van der Waals surface area contributed by atoms with E-state index in [0.717, 1.165) is 29.7 Å². The third kappa shape index (κ3) is 3.73. The molecule has 0 radical (unpaired) electrons. The Bertz CT molecular complexity index is 990. The van der Waals surface area contributed by atoms with Crippen LogP contribution in [0.4, 0.5) is 15.8 Å². The molecule has 4 rings (SSSR count). The van der Waals surface area contributed by atoms with Crippen LogP contribution in [-0.2, 0) is 11.2 Å². The number of carbonyl (C=O) groups is 1. The standard InChI is InChI=1S/C23H20ClFN2O/c24-18-13-11-17(12-14-18)22(26-20-9-3-2-8-19(20)25)23(28)27-15-5-7-16-6-1-4-10-21(16)27/h1-4,6,8-14,22,26H,5,7,15H2. The molecule has 3 aromatic rings. The fraction of sp³-hybridized carbons (Fsp3) is 0.174. The quantitative estimate of drug-likeness (QED) is 0.623. The van der Waals surface area contributed by atoms with E-state index in [1.54, 1.807) is 47.4 Å². The zero-order valence-corrected chi connectivity index (χ0v) is 16.0. The van der Waals surface area contributed by atoms with Crippen molar-refractivity contribution in [1.82, 2.24) is 0 Å². The van der Waals surface area contributed by atoms with Gasteiger partial charge in [-0.1, -0.05) is 54.1 Å². The van der Waals surface area contributed by atoms with Crippen LogP contribution in [-0.4, -0.2) is 12.5 Å². The lowest BCUT2D eigenvalue weighted by Crippen LogP contribution is -2.41. The molecule has 0 aromatic heterocycles. The van der Waals surface area contributed by atoms with Gasteiger partial charge in [-0.05, 0) is 54.3 Å². The van der Waals surface area contributed by atoms with Crippen LogP contribution in [0.1, 0.15) is 23.6 Å². The Hall–Kier alpha value is -2.85. The molecule has 0 fully saturated rings. The van der Waals surface area contributed by atoms with Crippen molar-refractivity contribution in [2.75, 3.05) is 16.8 Å². The predicted octanol–water partition coefficient (Wildman–Crippen LogP) is 5.61. The highest BCUT2D eigenvalue weighted by Gasteiger charge is 2.30. The summed E-state index contributed by atoms with van der Waals surface area (Å²) >= 11 is 6.02. The summed E-state index contributed by atoms with van der Waals surface area (Å²) in [4.78, 5) is 15.4. The average Bonchev–Trinajstić information content (AvgIpc) is 2.73. The molecule has 28 heavy (non-hydrogen) atoms. The van der Waals surface area contributed by atoms with E-state index < -0.39 is 11.9 Å². The van der Waals surface area contributed by atoms with Gasteiger partial charge in [-0.2, -0.15) is 0 Å². The lowest BCUT2D eigenvalue weighted by molar-refractivity contribution is -0.119. The molecule has 3 aromatic carbocycles. The molecule has 0 saturated carbocycles. The maximum Gasteiger partial charge on any atom is 0.254 e. The summed E-state index contributed by atoms with van der Waals surface area (Å²) in [7, 11) is 0. The third-order valence-corrected chi connectivity index (χ3v) is 5.25. The number of rotatable bonds is 4. The second kappa shape index (κ2) is 8.03. The number of benzene rings is 3. The minimum atomic E-state index is -0.722. The lowest BCUT2D eigenvalue weighted by atomic mass is 9.99. The van der Waals surface area contributed by atoms with E-state index in [1.807, 2.05) is 18.2 Å². The highest BCUT2D eigenvalue weighted by atomic mass is 35.5. The highest BCUT2D eigenvalue weighted by Crippen LogP contribution is 2.31. The number of nitrogens with zero attached hydrogens (tertiary/aromatic N) is 1. The van der Waals surface area contributed by atoms with Crippen molar-refractivity contribution in [1.29, 1.82) is 0 Å². The maximum atomic E-state index is 14.3. The number of nitrogens with one attached hydrogen (secondary N) is 1. The minimum absolute atomic E-state index is 0.113. The number of amides is 1. The summed E-state index contributed by atoms with van der Waals surface area (Å²) in [6.45, 7) is 0.638. The molecule has 1 atom stereocenters. The molecule has 0 spiro atoms. The van der Waals surface area contributed by atoms with Crippen molar-refractivity contribution in [3.05, 3.63) is 94.8 Å². The second-order valence-electron chi connectivity index (χ2n) is 6.83. The average molecular weight is 395 g/mol. The summed E-state index contributed by atoms with van der Waals surface area (Å²) in [6.07, 6.45) is 1.85. The third-order valence-electron chi connectivity index (χ3n) is 5.00. The molecule has 1 aliphatic heterocycles. The van der Waals surface area contributed by atoms with Gasteiger partial charge in [0.25, 0.3) is 5.91 Å². The van der Waals surface area contributed by atoms with Crippen molar-refractivity contribution in [2.24, 2.45) is 0 Å². The van der Waals surface area contributed by atoms with E-state index in [4.69, 9.17) is 11.6 Å². The number of carbonyl (C=O) groups excluding carboxylic acids is 1. The van der Waals surface area contributed by atoms with Gasteiger partial charge in [0.2, 0.25) is 0 Å². The maximum absolute atomic E-state index is 14.3. The van der Waals surface area contributed by atoms with E-state index in [0.29, 0.717) is 17.3 Å². The van der Waals surface area contributed by atoms with Crippen molar-refractivity contribution in [3.8, 4) is 0 Å². The normalized spacial score (nSPS) is 14.3. The van der Waals surface area contributed by atoms with Crippen LogP contribution >= 0.6 is 11.6 Å². The Morgan fingerprint density at radius 2 is 1.71 bits per heavy atom. The first-order valence-electron chi connectivity index (χ1n) is 9.29. The fourth-order valence-electron chi connectivity index (χ4n) is 3.60.